The molecule has 1 unspecified atom stereocenters. The Balaban J connectivity index is 3.55. The van der Waals surface area contributed by atoms with Crippen molar-refractivity contribution in [3.05, 3.63) is 12.8 Å². The molecule has 0 aliphatic rings. The van der Waals surface area contributed by atoms with Crippen LogP contribution in [0.15, 0.2) is 12.8 Å². The van der Waals surface area contributed by atoms with Gasteiger partial charge in [-0.1, -0.05) is 20.4 Å². The molecule has 0 aromatic rings. The summed E-state index contributed by atoms with van der Waals surface area (Å²) >= 11 is 0. The van der Waals surface area contributed by atoms with E-state index in [1.54, 1.807) is 6.92 Å². The Bertz CT molecular complexity index is 148. The lowest BCUT2D eigenvalue weighted by Gasteiger charge is -2.18. The molecule has 0 aromatic heterocycles. The first kappa shape index (κ1) is 13.4. The Labute approximate surface area is 86.5 Å². The lowest BCUT2D eigenvalue weighted by molar-refractivity contribution is 0.0947. The number of hydrogen-bond acceptors (Lipinski definition) is 2. The highest BCUT2D eigenvalue weighted by atomic mass is 19.1. The zero-order valence-corrected chi connectivity index (χ0v) is 9.42. The molecule has 0 radical (unpaired) electrons. The maximum Gasteiger partial charge on any atom is 0.117 e. The second-order valence-corrected chi connectivity index (χ2v) is 3.91. The van der Waals surface area contributed by atoms with E-state index in [0.717, 1.165) is 6.61 Å². The Morgan fingerprint density at radius 2 is 2.07 bits per heavy atom. The van der Waals surface area contributed by atoms with Gasteiger partial charge < -0.3 is 10.1 Å². The van der Waals surface area contributed by atoms with Gasteiger partial charge in [0.15, 0.2) is 0 Å². The minimum atomic E-state index is -0.879. The molecule has 84 valence electrons. The normalized spacial score (nSPS) is 15.2. The maximum absolute atomic E-state index is 13.0. The standard InChI is InChI=1S/C11H22FNO/c1-5-13-11(10(4)12)6-7-14-8-9(2)3/h5,9-11,13H,1,6-8H2,2-4H3/t10?,11-/m1/s1. The van der Waals surface area contributed by atoms with Gasteiger partial charge in [0.05, 0.1) is 6.04 Å². The molecule has 3 heteroatoms. The minimum Gasteiger partial charge on any atom is -0.386 e. The van der Waals surface area contributed by atoms with E-state index in [2.05, 4.69) is 25.7 Å². The lowest BCUT2D eigenvalue weighted by atomic mass is 10.1. The maximum atomic E-state index is 13.0. The molecule has 0 aromatic carbocycles. The summed E-state index contributed by atoms with van der Waals surface area (Å²) in [6.07, 6.45) is 1.33. The molecule has 0 rings (SSSR count). The molecule has 0 fully saturated rings. The van der Waals surface area contributed by atoms with E-state index in [4.69, 9.17) is 4.74 Å². The van der Waals surface area contributed by atoms with Crippen molar-refractivity contribution in [1.29, 1.82) is 0 Å². The fraction of sp³-hybridized carbons (Fsp3) is 0.818. The number of hydrogen-bond donors (Lipinski definition) is 1. The van der Waals surface area contributed by atoms with Gasteiger partial charge >= 0.3 is 0 Å². The number of nitrogens with one attached hydrogen (secondary N) is 1. The molecule has 0 spiro atoms. The smallest absolute Gasteiger partial charge is 0.117 e. The largest absolute Gasteiger partial charge is 0.386 e. The summed E-state index contributed by atoms with van der Waals surface area (Å²) in [6.45, 7) is 10.6. The van der Waals surface area contributed by atoms with Crippen molar-refractivity contribution in [1.82, 2.24) is 5.32 Å². The predicted octanol–water partition coefficient (Wildman–Crippen LogP) is 2.51. The molecule has 0 aliphatic heterocycles. The van der Waals surface area contributed by atoms with E-state index in [9.17, 15) is 4.39 Å². The van der Waals surface area contributed by atoms with Crippen LogP contribution in [-0.4, -0.2) is 25.4 Å². The molecular formula is C11H22FNO. The van der Waals surface area contributed by atoms with Crippen LogP contribution < -0.4 is 5.32 Å². The Morgan fingerprint density at radius 3 is 2.50 bits per heavy atom. The van der Waals surface area contributed by atoms with E-state index >= 15 is 0 Å². The highest BCUT2D eigenvalue weighted by Gasteiger charge is 2.13. The molecule has 0 saturated carbocycles. The van der Waals surface area contributed by atoms with Gasteiger partial charge in [-0.2, -0.15) is 0 Å². The van der Waals surface area contributed by atoms with E-state index in [-0.39, 0.29) is 6.04 Å². The fourth-order valence-corrected chi connectivity index (χ4v) is 1.13. The molecular weight excluding hydrogens is 181 g/mol. The summed E-state index contributed by atoms with van der Waals surface area (Å²) in [6, 6.07) is -0.181. The second-order valence-electron chi connectivity index (χ2n) is 3.91. The van der Waals surface area contributed by atoms with E-state index < -0.39 is 6.17 Å². The van der Waals surface area contributed by atoms with E-state index in [0.29, 0.717) is 18.9 Å². The Hall–Kier alpha value is -0.570. The zero-order chi connectivity index (χ0) is 11.0. The van der Waals surface area contributed by atoms with Crippen LogP contribution in [0.4, 0.5) is 4.39 Å². The molecule has 1 N–H and O–H groups in total. The summed E-state index contributed by atoms with van der Waals surface area (Å²) < 4.78 is 18.4. The molecule has 0 amide bonds. The summed E-state index contributed by atoms with van der Waals surface area (Å²) in [7, 11) is 0. The van der Waals surface area contributed by atoms with Gasteiger partial charge in [-0.3, -0.25) is 0 Å². The van der Waals surface area contributed by atoms with Gasteiger partial charge in [-0.25, -0.2) is 4.39 Å². The van der Waals surface area contributed by atoms with Crippen LogP contribution in [-0.2, 0) is 4.74 Å². The molecule has 0 aliphatic carbocycles. The van der Waals surface area contributed by atoms with E-state index in [1.807, 2.05) is 0 Å². The predicted molar refractivity (Wildman–Crippen MR) is 58.0 cm³/mol. The highest BCUT2D eigenvalue weighted by Crippen LogP contribution is 2.04. The zero-order valence-electron chi connectivity index (χ0n) is 9.42. The SMILES string of the molecule is C=CN[C@H](CCOCC(C)C)C(C)F. The van der Waals surface area contributed by atoms with Crippen LogP contribution in [0.3, 0.4) is 0 Å². The van der Waals surface area contributed by atoms with Crippen molar-refractivity contribution in [2.45, 2.75) is 39.4 Å². The third kappa shape index (κ3) is 6.89. The van der Waals surface area contributed by atoms with Crippen LogP contribution >= 0.6 is 0 Å². The Morgan fingerprint density at radius 1 is 1.43 bits per heavy atom. The van der Waals surface area contributed by atoms with Crippen molar-refractivity contribution in [3.8, 4) is 0 Å². The third-order valence-corrected chi connectivity index (χ3v) is 1.91. The first-order valence-corrected chi connectivity index (χ1v) is 5.16. The summed E-state index contributed by atoms with van der Waals surface area (Å²) in [5.41, 5.74) is 0. The quantitative estimate of drug-likeness (QED) is 0.612. The van der Waals surface area contributed by atoms with Crippen LogP contribution in [0, 0.1) is 5.92 Å². The van der Waals surface area contributed by atoms with Crippen LogP contribution in [0.2, 0.25) is 0 Å². The van der Waals surface area contributed by atoms with Crippen molar-refractivity contribution < 1.29 is 9.13 Å². The average Bonchev–Trinajstić information content (AvgIpc) is 2.09. The van der Waals surface area contributed by atoms with Gasteiger partial charge in [-0.15, -0.1) is 0 Å². The number of rotatable bonds is 8. The van der Waals surface area contributed by atoms with Crippen molar-refractivity contribution in [3.63, 3.8) is 0 Å². The van der Waals surface area contributed by atoms with E-state index in [1.165, 1.54) is 6.20 Å². The first-order chi connectivity index (χ1) is 6.57. The van der Waals surface area contributed by atoms with Gasteiger partial charge in [0.25, 0.3) is 0 Å². The topological polar surface area (TPSA) is 21.3 Å². The number of halogens is 1. The first-order valence-electron chi connectivity index (χ1n) is 5.16. The molecule has 2 nitrogen and oxygen atoms in total. The number of alkyl halides is 1. The summed E-state index contributed by atoms with van der Waals surface area (Å²) in [5.74, 6) is 0.531. The molecule has 0 heterocycles. The van der Waals surface area contributed by atoms with Crippen molar-refractivity contribution in [2.75, 3.05) is 13.2 Å². The van der Waals surface area contributed by atoms with Crippen molar-refractivity contribution in [2.24, 2.45) is 5.92 Å². The molecule has 14 heavy (non-hydrogen) atoms. The average molecular weight is 203 g/mol. The van der Waals surface area contributed by atoms with Crippen LogP contribution in [0.5, 0.6) is 0 Å². The summed E-state index contributed by atoms with van der Waals surface area (Å²) in [5, 5.41) is 2.88. The van der Waals surface area contributed by atoms with Crippen LogP contribution in [0.1, 0.15) is 27.2 Å². The van der Waals surface area contributed by atoms with Gasteiger partial charge in [0.1, 0.15) is 6.17 Å². The van der Waals surface area contributed by atoms with Gasteiger partial charge in [-0.05, 0) is 25.5 Å². The monoisotopic (exact) mass is 203 g/mol. The third-order valence-electron chi connectivity index (χ3n) is 1.91. The van der Waals surface area contributed by atoms with Crippen LogP contribution in [0.25, 0.3) is 0 Å². The second kappa shape index (κ2) is 7.80. The minimum absolute atomic E-state index is 0.181. The molecule has 2 atom stereocenters. The number of ether oxygens (including phenoxy) is 1. The summed E-state index contributed by atoms with van der Waals surface area (Å²) in [4.78, 5) is 0. The van der Waals surface area contributed by atoms with Gasteiger partial charge in [0, 0.05) is 13.2 Å². The van der Waals surface area contributed by atoms with Crippen molar-refractivity contribution >= 4 is 0 Å². The lowest BCUT2D eigenvalue weighted by Crippen LogP contribution is -2.33. The highest BCUT2D eigenvalue weighted by molar-refractivity contribution is 4.78. The molecule has 0 saturated heterocycles. The van der Waals surface area contributed by atoms with Gasteiger partial charge in [0.2, 0.25) is 0 Å². The fourth-order valence-electron chi connectivity index (χ4n) is 1.13. The Kier molecular flexibility index (Phi) is 7.48. The molecule has 0 bridgehead atoms.